The van der Waals surface area contributed by atoms with E-state index in [2.05, 4.69) is 15.5 Å². The van der Waals surface area contributed by atoms with Gasteiger partial charge in [-0.05, 0) is 7.05 Å². The average Bonchev–Trinajstić information content (AvgIpc) is 2.37. The quantitative estimate of drug-likeness (QED) is 0.614. The summed E-state index contributed by atoms with van der Waals surface area (Å²) < 4.78 is 4.70. The van der Waals surface area contributed by atoms with Gasteiger partial charge in [-0.15, -0.1) is 10.2 Å². The van der Waals surface area contributed by atoms with Gasteiger partial charge in [0.2, 0.25) is 5.89 Å². The number of carbonyl (C=O) groups is 1. The molecule has 6 nitrogen and oxygen atoms in total. The third kappa shape index (κ3) is 1.74. The largest absolute Gasteiger partial charge is 0.474 e. The molecule has 1 aromatic heterocycles. The first-order valence-electron chi connectivity index (χ1n) is 2.94. The Labute approximate surface area is 62.2 Å². The van der Waals surface area contributed by atoms with Crippen LogP contribution in [0.4, 0.5) is 0 Å². The lowest BCUT2D eigenvalue weighted by atomic mass is 10.6. The number of hydrogen-bond acceptors (Lipinski definition) is 5. The summed E-state index contributed by atoms with van der Waals surface area (Å²) in [6.07, 6.45) is 0. The fourth-order valence-corrected chi connectivity index (χ4v) is 0.563. The van der Waals surface area contributed by atoms with E-state index in [1.54, 1.807) is 7.05 Å². The molecule has 0 unspecified atom stereocenters. The van der Waals surface area contributed by atoms with E-state index in [4.69, 9.17) is 9.52 Å². The van der Waals surface area contributed by atoms with Gasteiger partial charge >= 0.3 is 11.9 Å². The van der Waals surface area contributed by atoms with E-state index in [9.17, 15) is 4.79 Å². The Morgan fingerprint density at radius 2 is 2.45 bits per heavy atom. The zero-order valence-electron chi connectivity index (χ0n) is 5.87. The molecule has 1 aromatic rings. The van der Waals surface area contributed by atoms with Gasteiger partial charge in [-0.2, -0.15) is 0 Å². The second kappa shape index (κ2) is 3.11. The molecule has 0 amide bonds. The van der Waals surface area contributed by atoms with Crippen LogP contribution in [0.5, 0.6) is 0 Å². The second-order valence-electron chi connectivity index (χ2n) is 1.84. The highest BCUT2D eigenvalue weighted by Crippen LogP contribution is 1.97. The molecule has 11 heavy (non-hydrogen) atoms. The molecule has 0 aliphatic rings. The zero-order chi connectivity index (χ0) is 8.27. The van der Waals surface area contributed by atoms with Crippen LogP contribution in [0.25, 0.3) is 0 Å². The van der Waals surface area contributed by atoms with E-state index in [-0.39, 0.29) is 11.8 Å². The Hall–Kier alpha value is -1.43. The van der Waals surface area contributed by atoms with Crippen LogP contribution in [0.1, 0.15) is 16.6 Å². The number of aromatic nitrogens is 2. The number of nitrogens with one attached hydrogen (secondary N) is 1. The number of carboxylic acid groups (broad SMARTS) is 1. The first-order valence-corrected chi connectivity index (χ1v) is 2.94. The van der Waals surface area contributed by atoms with Crippen LogP contribution < -0.4 is 5.32 Å². The Morgan fingerprint density at radius 1 is 1.73 bits per heavy atom. The summed E-state index contributed by atoms with van der Waals surface area (Å²) in [6, 6.07) is 0. The van der Waals surface area contributed by atoms with Gasteiger partial charge in [0, 0.05) is 0 Å². The molecule has 1 heterocycles. The van der Waals surface area contributed by atoms with E-state index in [0.717, 1.165) is 0 Å². The summed E-state index contributed by atoms with van der Waals surface area (Å²) >= 11 is 0. The smallest absolute Gasteiger partial charge is 0.393 e. The molecule has 1 rings (SSSR count). The summed E-state index contributed by atoms with van der Waals surface area (Å²) in [5.74, 6) is -1.32. The summed E-state index contributed by atoms with van der Waals surface area (Å²) in [5, 5.41) is 17.8. The lowest BCUT2D eigenvalue weighted by Gasteiger charge is -1.87. The molecular formula is C5H7N3O3. The first kappa shape index (κ1) is 7.67. The Morgan fingerprint density at radius 3 is 2.91 bits per heavy atom. The normalized spacial score (nSPS) is 9.91. The van der Waals surface area contributed by atoms with Gasteiger partial charge < -0.3 is 14.8 Å². The van der Waals surface area contributed by atoms with Crippen molar-refractivity contribution < 1.29 is 14.3 Å². The number of carboxylic acids is 1. The Kier molecular flexibility index (Phi) is 2.17. The van der Waals surface area contributed by atoms with Crippen molar-refractivity contribution in [3.63, 3.8) is 0 Å². The minimum Gasteiger partial charge on any atom is -0.474 e. The molecule has 0 saturated heterocycles. The molecule has 0 aromatic carbocycles. The van der Waals surface area contributed by atoms with E-state index in [0.29, 0.717) is 6.54 Å². The average molecular weight is 157 g/mol. The standard InChI is InChI=1S/C5H7N3O3/c1-6-2-3-7-8-4(11-3)5(9)10/h6H,2H2,1H3,(H,9,10). The van der Waals surface area contributed by atoms with Crippen molar-refractivity contribution in [1.82, 2.24) is 15.5 Å². The maximum absolute atomic E-state index is 10.2. The molecule has 0 aliphatic heterocycles. The molecule has 0 bridgehead atoms. The second-order valence-corrected chi connectivity index (χ2v) is 1.84. The van der Waals surface area contributed by atoms with Gasteiger partial charge in [-0.25, -0.2) is 4.79 Å². The molecule has 6 heteroatoms. The minimum atomic E-state index is -1.21. The lowest BCUT2D eigenvalue weighted by molar-refractivity contribution is 0.0651. The van der Waals surface area contributed by atoms with Gasteiger partial charge in [-0.3, -0.25) is 0 Å². The monoisotopic (exact) mass is 157 g/mol. The topological polar surface area (TPSA) is 88.2 Å². The number of rotatable bonds is 3. The van der Waals surface area contributed by atoms with E-state index < -0.39 is 5.97 Å². The molecule has 0 atom stereocenters. The highest BCUT2D eigenvalue weighted by molar-refractivity contribution is 5.81. The SMILES string of the molecule is CNCc1nnc(C(=O)O)o1. The van der Waals surface area contributed by atoms with Crippen molar-refractivity contribution in [2.24, 2.45) is 0 Å². The van der Waals surface area contributed by atoms with E-state index >= 15 is 0 Å². The molecule has 0 saturated carbocycles. The van der Waals surface area contributed by atoms with Gasteiger partial charge in [0.1, 0.15) is 0 Å². The van der Waals surface area contributed by atoms with Crippen LogP contribution in [0.3, 0.4) is 0 Å². The summed E-state index contributed by atoms with van der Waals surface area (Å²) in [5.41, 5.74) is 0. The van der Waals surface area contributed by atoms with Crippen molar-refractivity contribution in [1.29, 1.82) is 0 Å². The van der Waals surface area contributed by atoms with Crippen molar-refractivity contribution in [3.8, 4) is 0 Å². The van der Waals surface area contributed by atoms with Crippen molar-refractivity contribution in [3.05, 3.63) is 11.8 Å². The lowest BCUT2D eigenvalue weighted by Crippen LogP contribution is -2.04. The van der Waals surface area contributed by atoms with Crippen LogP contribution >= 0.6 is 0 Å². The Balaban J connectivity index is 2.73. The molecular weight excluding hydrogens is 150 g/mol. The predicted octanol–water partition coefficient (Wildman–Crippen LogP) is -0.513. The summed E-state index contributed by atoms with van der Waals surface area (Å²) in [7, 11) is 1.70. The van der Waals surface area contributed by atoms with E-state index in [1.165, 1.54) is 0 Å². The number of hydrogen-bond donors (Lipinski definition) is 2. The molecule has 0 fully saturated rings. The molecule has 0 aliphatic carbocycles. The fourth-order valence-electron chi connectivity index (χ4n) is 0.563. The van der Waals surface area contributed by atoms with Gasteiger partial charge in [0.15, 0.2) is 0 Å². The maximum atomic E-state index is 10.2. The molecule has 2 N–H and O–H groups in total. The fraction of sp³-hybridized carbons (Fsp3) is 0.400. The zero-order valence-corrected chi connectivity index (χ0v) is 5.87. The van der Waals surface area contributed by atoms with Gasteiger partial charge in [-0.1, -0.05) is 0 Å². The number of nitrogens with zero attached hydrogens (tertiary/aromatic N) is 2. The molecule has 0 spiro atoms. The number of aromatic carboxylic acids is 1. The van der Waals surface area contributed by atoms with Crippen molar-refractivity contribution >= 4 is 5.97 Å². The first-order chi connectivity index (χ1) is 5.24. The third-order valence-corrected chi connectivity index (χ3v) is 0.978. The third-order valence-electron chi connectivity index (χ3n) is 0.978. The Bertz CT molecular complexity index is 257. The molecule has 0 radical (unpaired) electrons. The predicted molar refractivity (Wildman–Crippen MR) is 34.0 cm³/mol. The maximum Gasteiger partial charge on any atom is 0.393 e. The van der Waals surface area contributed by atoms with Crippen LogP contribution in [0, 0.1) is 0 Å². The highest BCUT2D eigenvalue weighted by atomic mass is 16.4. The summed E-state index contributed by atoms with van der Waals surface area (Å²) in [4.78, 5) is 10.2. The highest BCUT2D eigenvalue weighted by Gasteiger charge is 2.11. The van der Waals surface area contributed by atoms with Gasteiger partial charge in [0.05, 0.1) is 6.54 Å². The van der Waals surface area contributed by atoms with Crippen LogP contribution in [-0.4, -0.2) is 28.3 Å². The minimum absolute atomic E-state index is 0.268. The summed E-state index contributed by atoms with van der Waals surface area (Å²) in [6.45, 7) is 0.375. The van der Waals surface area contributed by atoms with Crippen LogP contribution in [-0.2, 0) is 6.54 Å². The van der Waals surface area contributed by atoms with Crippen molar-refractivity contribution in [2.75, 3.05) is 7.05 Å². The van der Waals surface area contributed by atoms with Gasteiger partial charge in [0.25, 0.3) is 0 Å². The molecule has 60 valence electrons. The van der Waals surface area contributed by atoms with Crippen molar-refractivity contribution in [2.45, 2.75) is 6.54 Å². The van der Waals surface area contributed by atoms with Crippen LogP contribution in [0.15, 0.2) is 4.42 Å². The van der Waals surface area contributed by atoms with Crippen LogP contribution in [0.2, 0.25) is 0 Å². The van der Waals surface area contributed by atoms with E-state index in [1.807, 2.05) is 0 Å².